The van der Waals surface area contributed by atoms with E-state index < -0.39 is 6.10 Å². The minimum atomic E-state index is -0.690. The van der Waals surface area contributed by atoms with Gasteiger partial charge in [-0.15, -0.1) is 0 Å². The van der Waals surface area contributed by atoms with Gasteiger partial charge in [-0.3, -0.25) is 14.5 Å². The van der Waals surface area contributed by atoms with E-state index in [-0.39, 0.29) is 18.4 Å². The molecule has 0 spiro atoms. The van der Waals surface area contributed by atoms with Crippen LogP contribution in [0.15, 0.2) is 42.5 Å². The molecular formula is C19H20N2O3. The summed E-state index contributed by atoms with van der Waals surface area (Å²) in [4.78, 5) is 26.2. The molecule has 1 atom stereocenters. The Morgan fingerprint density at radius 3 is 2.71 bits per heavy atom. The van der Waals surface area contributed by atoms with Gasteiger partial charge in [-0.25, -0.2) is 0 Å². The summed E-state index contributed by atoms with van der Waals surface area (Å²) in [7, 11) is 0. The molecule has 0 bridgehead atoms. The highest BCUT2D eigenvalue weighted by Gasteiger charge is 2.30. The van der Waals surface area contributed by atoms with Gasteiger partial charge in [0, 0.05) is 0 Å². The third-order valence-electron chi connectivity index (χ3n) is 4.24. The number of benzene rings is 2. The van der Waals surface area contributed by atoms with Crippen molar-refractivity contribution >= 4 is 23.2 Å². The van der Waals surface area contributed by atoms with Crippen molar-refractivity contribution in [2.75, 3.05) is 16.8 Å². The number of para-hydroxylation sites is 2. The van der Waals surface area contributed by atoms with Crippen LogP contribution < -0.4 is 15.0 Å². The largest absolute Gasteiger partial charge is 0.481 e. The SMILES string of the molecule is Cc1cccc(OC(C)C(=O)N2CC(=O)Nc3ccccc32)c1C. The van der Waals surface area contributed by atoms with E-state index >= 15 is 0 Å². The lowest BCUT2D eigenvalue weighted by Crippen LogP contribution is -2.47. The van der Waals surface area contributed by atoms with Crippen LogP contribution in [0.25, 0.3) is 0 Å². The molecule has 2 aromatic carbocycles. The second kappa shape index (κ2) is 6.35. The van der Waals surface area contributed by atoms with E-state index in [4.69, 9.17) is 4.74 Å². The van der Waals surface area contributed by atoms with Gasteiger partial charge in [0.25, 0.3) is 5.91 Å². The lowest BCUT2D eigenvalue weighted by molar-refractivity contribution is -0.126. The molecule has 124 valence electrons. The van der Waals surface area contributed by atoms with E-state index in [1.165, 1.54) is 4.90 Å². The van der Waals surface area contributed by atoms with Gasteiger partial charge >= 0.3 is 0 Å². The molecule has 1 N–H and O–H groups in total. The number of aryl methyl sites for hydroxylation is 1. The van der Waals surface area contributed by atoms with Crippen LogP contribution in [0.2, 0.25) is 0 Å². The van der Waals surface area contributed by atoms with E-state index in [1.54, 1.807) is 13.0 Å². The summed E-state index contributed by atoms with van der Waals surface area (Å²) in [5.74, 6) is 0.241. The molecule has 1 unspecified atom stereocenters. The molecule has 2 amide bonds. The van der Waals surface area contributed by atoms with Gasteiger partial charge in [0.1, 0.15) is 12.3 Å². The molecule has 5 heteroatoms. The Hall–Kier alpha value is -2.82. The van der Waals surface area contributed by atoms with Gasteiger partial charge in [0.05, 0.1) is 11.4 Å². The highest BCUT2D eigenvalue weighted by Crippen LogP contribution is 2.30. The van der Waals surface area contributed by atoms with E-state index in [2.05, 4.69) is 5.32 Å². The third kappa shape index (κ3) is 2.97. The summed E-state index contributed by atoms with van der Waals surface area (Å²) in [6.07, 6.45) is -0.690. The molecule has 2 aromatic rings. The van der Waals surface area contributed by atoms with Gasteiger partial charge in [0.2, 0.25) is 5.91 Å². The van der Waals surface area contributed by atoms with Gasteiger partial charge in [0.15, 0.2) is 6.10 Å². The lowest BCUT2D eigenvalue weighted by Gasteiger charge is -2.31. The number of nitrogens with zero attached hydrogens (tertiary/aromatic N) is 1. The number of carbonyl (C=O) groups is 2. The second-order valence-corrected chi connectivity index (χ2v) is 5.95. The topological polar surface area (TPSA) is 58.6 Å². The van der Waals surface area contributed by atoms with Crippen LogP contribution in [-0.4, -0.2) is 24.5 Å². The fourth-order valence-electron chi connectivity index (χ4n) is 2.74. The first-order valence-electron chi connectivity index (χ1n) is 7.90. The molecular weight excluding hydrogens is 304 g/mol. The number of amides is 2. The first-order valence-corrected chi connectivity index (χ1v) is 7.90. The molecule has 0 aliphatic carbocycles. The molecule has 1 aliphatic heterocycles. The monoisotopic (exact) mass is 324 g/mol. The Morgan fingerprint density at radius 2 is 1.92 bits per heavy atom. The molecule has 5 nitrogen and oxygen atoms in total. The number of hydrogen-bond donors (Lipinski definition) is 1. The van der Waals surface area contributed by atoms with Crippen molar-refractivity contribution in [3.63, 3.8) is 0 Å². The van der Waals surface area contributed by atoms with Gasteiger partial charge in [-0.1, -0.05) is 24.3 Å². The number of fused-ring (bicyclic) bond motifs is 1. The van der Waals surface area contributed by atoms with Crippen molar-refractivity contribution in [2.45, 2.75) is 26.9 Å². The summed E-state index contributed by atoms with van der Waals surface area (Å²) in [5, 5.41) is 2.78. The van der Waals surface area contributed by atoms with Gasteiger partial charge < -0.3 is 10.1 Å². The van der Waals surface area contributed by atoms with Crippen molar-refractivity contribution in [2.24, 2.45) is 0 Å². The second-order valence-electron chi connectivity index (χ2n) is 5.95. The summed E-state index contributed by atoms with van der Waals surface area (Å²) in [5.41, 5.74) is 3.45. The first kappa shape index (κ1) is 16.1. The number of nitrogens with one attached hydrogen (secondary N) is 1. The average molecular weight is 324 g/mol. The number of carbonyl (C=O) groups excluding carboxylic acids is 2. The molecule has 0 saturated carbocycles. The summed E-state index contributed by atoms with van der Waals surface area (Å²) in [6.45, 7) is 5.67. The van der Waals surface area contributed by atoms with E-state index in [0.29, 0.717) is 17.1 Å². The standard InChI is InChI=1S/C19H20N2O3/c1-12-7-6-10-17(13(12)2)24-14(3)19(23)21-11-18(22)20-15-8-4-5-9-16(15)21/h4-10,14H,11H2,1-3H3,(H,20,22). The van der Waals surface area contributed by atoms with Crippen LogP contribution in [0.4, 0.5) is 11.4 Å². The average Bonchev–Trinajstić information content (AvgIpc) is 2.57. The van der Waals surface area contributed by atoms with Crippen LogP contribution >= 0.6 is 0 Å². The summed E-state index contributed by atoms with van der Waals surface area (Å²) in [6, 6.07) is 13.0. The molecule has 1 heterocycles. The zero-order valence-electron chi connectivity index (χ0n) is 14.0. The molecule has 0 saturated heterocycles. The minimum Gasteiger partial charge on any atom is -0.481 e. The predicted molar refractivity (Wildman–Crippen MR) is 93.4 cm³/mol. The Bertz CT molecular complexity index is 801. The van der Waals surface area contributed by atoms with E-state index in [1.807, 2.05) is 50.2 Å². The fourth-order valence-corrected chi connectivity index (χ4v) is 2.74. The molecule has 1 aliphatic rings. The number of hydrogen-bond acceptors (Lipinski definition) is 3. The van der Waals surface area contributed by atoms with Crippen LogP contribution in [0, 0.1) is 13.8 Å². The van der Waals surface area contributed by atoms with Crippen molar-refractivity contribution in [1.29, 1.82) is 0 Å². The molecule has 3 rings (SSSR count). The molecule has 0 aromatic heterocycles. The smallest absolute Gasteiger partial charge is 0.268 e. The van der Waals surface area contributed by atoms with Gasteiger partial charge in [-0.05, 0) is 50.1 Å². The molecule has 24 heavy (non-hydrogen) atoms. The molecule has 0 radical (unpaired) electrons. The van der Waals surface area contributed by atoms with Crippen molar-refractivity contribution in [1.82, 2.24) is 0 Å². The highest BCUT2D eigenvalue weighted by atomic mass is 16.5. The first-order chi connectivity index (χ1) is 11.5. The van der Waals surface area contributed by atoms with Crippen molar-refractivity contribution in [3.05, 3.63) is 53.6 Å². The summed E-state index contributed by atoms with van der Waals surface area (Å²) < 4.78 is 5.87. The predicted octanol–water partition coefficient (Wildman–Crippen LogP) is 3.06. The maximum Gasteiger partial charge on any atom is 0.268 e. The quantitative estimate of drug-likeness (QED) is 0.944. The normalized spacial score (nSPS) is 14.6. The Kier molecular flexibility index (Phi) is 4.25. The summed E-state index contributed by atoms with van der Waals surface area (Å²) >= 11 is 0. The van der Waals surface area contributed by atoms with Crippen LogP contribution in [0.3, 0.4) is 0 Å². The minimum absolute atomic E-state index is 0.00362. The lowest BCUT2D eigenvalue weighted by atomic mass is 10.1. The van der Waals surface area contributed by atoms with E-state index in [9.17, 15) is 9.59 Å². The Labute approximate surface area is 141 Å². The zero-order valence-corrected chi connectivity index (χ0v) is 14.0. The van der Waals surface area contributed by atoms with Crippen LogP contribution in [-0.2, 0) is 9.59 Å². The Morgan fingerprint density at radius 1 is 1.17 bits per heavy atom. The van der Waals surface area contributed by atoms with Crippen molar-refractivity contribution < 1.29 is 14.3 Å². The van der Waals surface area contributed by atoms with Gasteiger partial charge in [-0.2, -0.15) is 0 Å². The van der Waals surface area contributed by atoms with Crippen LogP contribution in [0.5, 0.6) is 5.75 Å². The zero-order chi connectivity index (χ0) is 17.3. The number of rotatable bonds is 3. The Balaban J connectivity index is 1.84. The van der Waals surface area contributed by atoms with Crippen molar-refractivity contribution in [3.8, 4) is 5.75 Å². The molecule has 0 fully saturated rings. The highest BCUT2D eigenvalue weighted by molar-refractivity contribution is 6.10. The maximum atomic E-state index is 12.8. The number of anilines is 2. The van der Waals surface area contributed by atoms with Crippen LogP contribution in [0.1, 0.15) is 18.1 Å². The third-order valence-corrected chi connectivity index (χ3v) is 4.24. The van der Waals surface area contributed by atoms with E-state index in [0.717, 1.165) is 11.1 Å². The number of ether oxygens (including phenoxy) is 1. The fraction of sp³-hybridized carbons (Fsp3) is 0.263. The maximum absolute atomic E-state index is 12.8.